The van der Waals surface area contributed by atoms with E-state index < -0.39 is 6.23 Å². The van der Waals surface area contributed by atoms with Crippen molar-refractivity contribution < 1.29 is 15.3 Å². The first-order valence-corrected chi connectivity index (χ1v) is 7.17. The van der Waals surface area contributed by atoms with E-state index in [-0.39, 0.29) is 17.5 Å². The lowest BCUT2D eigenvalue weighted by atomic mass is 9.98. The molecular formula is C17H18N2O3. The van der Waals surface area contributed by atoms with E-state index in [1.165, 1.54) is 12.1 Å². The summed E-state index contributed by atoms with van der Waals surface area (Å²) in [6, 6.07) is 14.5. The highest BCUT2D eigenvalue weighted by Gasteiger charge is 2.31. The van der Waals surface area contributed by atoms with Gasteiger partial charge in [0.05, 0.1) is 11.8 Å². The normalized spacial score (nSPS) is 19.1. The maximum absolute atomic E-state index is 9.98. The number of aromatic hydroxyl groups is 2. The maximum Gasteiger partial charge on any atom is 0.158 e. The van der Waals surface area contributed by atoms with Gasteiger partial charge in [0.2, 0.25) is 0 Å². The van der Waals surface area contributed by atoms with Crippen LogP contribution in [-0.4, -0.2) is 32.3 Å². The van der Waals surface area contributed by atoms with E-state index in [1.807, 2.05) is 30.3 Å². The average Bonchev–Trinajstić information content (AvgIpc) is 2.96. The van der Waals surface area contributed by atoms with Crippen molar-refractivity contribution >= 4 is 5.71 Å². The molecule has 114 valence electrons. The van der Waals surface area contributed by atoms with E-state index in [4.69, 9.17) is 0 Å². The van der Waals surface area contributed by atoms with Crippen molar-refractivity contribution in [3.05, 3.63) is 59.7 Å². The molecule has 0 aromatic heterocycles. The lowest BCUT2D eigenvalue weighted by molar-refractivity contribution is -0.000933. The number of rotatable bonds is 3. The minimum Gasteiger partial charge on any atom is -0.504 e. The number of aliphatic hydroxyl groups excluding tert-OH is 1. The molecule has 1 aliphatic rings. The van der Waals surface area contributed by atoms with Crippen molar-refractivity contribution in [2.45, 2.75) is 25.6 Å². The van der Waals surface area contributed by atoms with Crippen molar-refractivity contribution in [3.8, 4) is 11.5 Å². The number of nitrogens with zero attached hydrogens (tertiary/aromatic N) is 2. The molecule has 0 fully saturated rings. The van der Waals surface area contributed by atoms with E-state index in [2.05, 4.69) is 5.10 Å². The number of benzene rings is 2. The molecule has 0 saturated carbocycles. The van der Waals surface area contributed by atoms with Crippen molar-refractivity contribution in [1.29, 1.82) is 0 Å². The Bertz CT molecular complexity index is 698. The summed E-state index contributed by atoms with van der Waals surface area (Å²) < 4.78 is 0. The van der Waals surface area contributed by atoms with Gasteiger partial charge in [-0.3, -0.25) is 5.01 Å². The zero-order valence-corrected chi connectivity index (χ0v) is 12.2. The highest BCUT2D eigenvalue weighted by molar-refractivity contribution is 6.02. The lowest BCUT2D eigenvalue weighted by Crippen LogP contribution is -2.28. The van der Waals surface area contributed by atoms with Crippen LogP contribution in [-0.2, 0) is 0 Å². The minimum atomic E-state index is -0.714. The predicted molar refractivity (Wildman–Crippen MR) is 83.6 cm³/mol. The zero-order valence-electron chi connectivity index (χ0n) is 12.2. The highest BCUT2D eigenvalue weighted by Crippen LogP contribution is 2.35. The van der Waals surface area contributed by atoms with Crippen molar-refractivity contribution in [2.75, 3.05) is 0 Å². The molecule has 0 spiro atoms. The van der Waals surface area contributed by atoms with Gasteiger partial charge in [0, 0.05) is 12.0 Å². The summed E-state index contributed by atoms with van der Waals surface area (Å²) in [6.45, 7) is 1.68. The summed E-state index contributed by atoms with van der Waals surface area (Å²) in [5.41, 5.74) is 2.58. The molecule has 2 atom stereocenters. The number of hydrogen-bond acceptors (Lipinski definition) is 5. The topological polar surface area (TPSA) is 76.3 Å². The van der Waals surface area contributed by atoms with Gasteiger partial charge in [-0.25, -0.2) is 0 Å². The van der Waals surface area contributed by atoms with Crippen LogP contribution in [0.5, 0.6) is 11.5 Å². The molecule has 5 nitrogen and oxygen atoms in total. The van der Waals surface area contributed by atoms with Crippen LogP contribution in [0.25, 0.3) is 0 Å². The second-order valence-corrected chi connectivity index (χ2v) is 5.39. The molecule has 3 rings (SSSR count). The second kappa shape index (κ2) is 5.69. The monoisotopic (exact) mass is 298 g/mol. The fourth-order valence-electron chi connectivity index (χ4n) is 2.69. The Labute approximate surface area is 128 Å². The first-order chi connectivity index (χ1) is 10.6. The predicted octanol–water partition coefficient (Wildman–Crippen LogP) is 2.59. The number of phenols is 2. The highest BCUT2D eigenvalue weighted by atomic mass is 16.3. The van der Waals surface area contributed by atoms with Crippen LogP contribution in [0.2, 0.25) is 0 Å². The number of hydrazone groups is 1. The fourth-order valence-corrected chi connectivity index (χ4v) is 2.69. The molecule has 2 aromatic rings. The Hall–Kier alpha value is -2.53. The molecular weight excluding hydrogens is 280 g/mol. The second-order valence-electron chi connectivity index (χ2n) is 5.39. The Balaban J connectivity index is 1.94. The van der Waals surface area contributed by atoms with Gasteiger partial charge >= 0.3 is 0 Å². The quantitative estimate of drug-likeness (QED) is 0.761. The summed E-state index contributed by atoms with van der Waals surface area (Å²) in [4.78, 5) is 0. The van der Waals surface area contributed by atoms with Gasteiger partial charge in [-0.15, -0.1) is 0 Å². The third-order valence-electron chi connectivity index (χ3n) is 3.82. The number of phenolic OH excluding ortho intramolecular Hbond substituents is 2. The van der Waals surface area contributed by atoms with Crippen LogP contribution in [0.4, 0.5) is 0 Å². The first kappa shape index (κ1) is 14.4. The van der Waals surface area contributed by atoms with Crippen molar-refractivity contribution in [1.82, 2.24) is 5.01 Å². The van der Waals surface area contributed by atoms with Crippen LogP contribution in [0.15, 0.2) is 53.6 Å². The summed E-state index contributed by atoms with van der Waals surface area (Å²) in [7, 11) is 0. The van der Waals surface area contributed by atoms with Gasteiger partial charge in [0.15, 0.2) is 11.5 Å². The van der Waals surface area contributed by atoms with E-state index in [0.29, 0.717) is 6.42 Å². The zero-order chi connectivity index (χ0) is 15.7. The molecule has 22 heavy (non-hydrogen) atoms. The van der Waals surface area contributed by atoms with Crippen LogP contribution in [0.1, 0.15) is 30.5 Å². The number of aliphatic hydroxyl groups is 1. The molecule has 1 heterocycles. The molecule has 2 unspecified atom stereocenters. The maximum atomic E-state index is 9.98. The molecule has 0 radical (unpaired) electrons. The minimum absolute atomic E-state index is 0.0489. The van der Waals surface area contributed by atoms with Gasteiger partial charge in [-0.2, -0.15) is 5.10 Å². The van der Waals surface area contributed by atoms with E-state index in [9.17, 15) is 15.3 Å². The lowest BCUT2D eigenvalue weighted by Gasteiger charge is -2.26. The Morgan fingerprint density at radius 2 is 1.82 bits per heavy atom. The largest absolute Gasteiger partial charge is 0.504 e. The van der Waals surface area contributed by atoms with Crippen LogP contribution in [0.3, 0.4) is 0 Å². The third-order valence-corrected chi connectivity index (χ3v) is 3.82. The summed E-state index contributed by atoms with van der Waals surface area (Å²) in [5.74, 6) is -0.332. The molecule has 5 heteroatoms. The molecule has 3 N–H and O–H groups in total. The summed E-state index contributed by atoms with van der Waals surface area (Å²) in [6.07, 6.45) is -0.0903. The molecule has 1 aliphatic heterocycles. The van der Waals surface area contributed by atoms with Gasteiger partial charge in [-0.1, -0.05) is 30.3 Å². The third kappa shape index (κ3) is 2.63. The fraction of sp³-hybridized carbons (Fsp3) is 0.235. The molecule has 0 saturated heterocycles. The Morgan fingerprint density at radius 1 is 1.09 bits per heavy atom. The van der Waals surface area contributed by atoms with Gasteiger partial charge < -0.3 is 15.3 Å². The van der Waals surface area contributed by atoms with Gasteiger partial charge in [0.25, 0.3) is 0 Å². The average molecular weight is 298 g/mol. The van der Waals surface area contributed by atoms with Gasteiger partial charge in [-0.05, 0) is 30.7 Å². The molecule has 0 aliphatic carbocycles. The summed E-state index contributed by atoms with van der Waals surface area (Å²) >= 11 is 0. The van der Waals surface area contributed by atoms with E-state index in [1.54, 1.807) is 18.0 Å². The molecule has 0 amide bonds. The van der Waals surface area contributed by atoms with Crippen LogP contribution < -0.4 is 0 Å². The van der Waals surface area contributed by atoms with Crippen molar-refractivity contribution in [3.63, 3.8) is 0 Å². The van der Waals surface area contributed by atoms with Crippen LogP contribution in [0, 0.1) is 0 Å². The smallest absolute Gasteiger partial charge is 0.158 e. The van der Waals surface area contributed by atoms with Crippen molar-refractivity contribution in [2.24, 2.45) is 5.10 Å². The Morgan fingerprint density at radius 3 is 2.45 bits per heavy atom. The standard InChI is InChI=1S/C17H18N2O3/c1-11(20)19-15(12-5-3-2-4-6-12)10-14(18-19)13-7-8-16(21)17(22)9-13/h2-9,11,15,20-22H,10H2,1H3. The van der Waals surface area contributed by atoms with E-state index >= 15 is 0 Å². The molecule has 0 bridgehead atoms. The Kier molecular flexibility index (Phi) is 3.73. The van der Waals surface area contributed by atoms with E-state index in [0.717, 1.165) is 16.8 Å². The summed E-state index contributed by atoms with van der Waals surface area (Å²) in [5, 5.41) is 35.2. The van der Waals surface area contributed by atoms with Crippen LogP contribution >= 0.6 is 0 Å². The molecule has 2 aromatic carbocycles. The number of hydrogen-bond donors (Lipinski definition) is 3. The first-order valence-electron chi connectivity index (χ1n) is 7.17. The SMILES string of the molecule is CC(O)N1N=C(c2ccc(O)c(O)c2)CC1c1ccccc1. The van der Waals surface area contributed by atoms with Gasteiger partial charge in [0.1, 0.15) is 6.23 Å².